The lowest BCUT2D eigenvalue weighted by atomic mass is 10.2. The second kappa shape index (κ2) is 7.73. The molecule has 0 spiro atoms. The number of hydrazine groups is 1. The van der Waals surface area contributed by atoms with Crippen LogP contribution in [0.1, 0.15) is 32.6 Å². The molecule has 1 rings (SSSR count). The second-order valence-corrected chi connectivity index (χ2v) is 4.65. The Morgan fingerprint density at radius 3 is 2.32 bits per heavy atom. The standard InChI is InChI=1S/C12H21N3O4/c1-9(16)13-14-11(17)7-15(8-12(18)19-2)10-5-3-4-6-10/h10H,3-8H2,1-2H3,(H,13,16)(H,14,17). The zero-order valence-electron chi connectivity index (χ0n) is 11.4. The number of nitrogens with zero attached hydrogens (tertiary/aromatic N) is 1. The molecule has 0 aromatic rings. The predicted octanol–water partition coefficient (Wildman–Crippen LogP) is -0.429. The van der Waals surface area contributed by atoms with Crippen molar-refractivity contribution >= 4 is 17.8 Å². The third-order valence-electron chi connectivity index (χ3n) is 3.13. The fraction of sp³-hybridized carbons (Fsp3) is 0.750. The van der Waals surface area contributed by atoms with Crippen molar-refractivity contribution in [1.29, 1.82) is 0 Å². The Labute approximate surface area is 112 Å². The van der Waals surface area contributed by atoms with E-state index in [-0.39, 0.29) is 36.9 Å². The molecule has 1 saturated carbocycles. The predicted molar refractivity (Wildman–Crippen MR) is 67.8 cm³/mol. The first-order valence-corrected chi connectivity index (χ1v) is 6.39. The molecule has 0 saturated heterocycles. The SMILES string of the molecule is COC(=O)CN(CC(=O)NNC(C)=O)C1CCCC1. The van der Waals surface area contributed by atoms with E-state index in [0.29, 0.717) is 0 Å². The monoisotopic (exact) mass is 271 g/mol. The Hall–Kier alpha value is -1.63. The van der Waals surface area contributed by atoms with Crippen LogP contribution in [0, 0.1) is 0 Å². The molecule has 1 fully saturated rings. The van der Waals surface area contributed by atoms with Gasteiger partial charge in [0.2, 0.25) is 5.91 Å². The number of methoxy groups -OCH3 is 1. The van der Waals surface area contributed by atoms with Crippen LogP contribution in [0.4, 0.5) is 0 Å². The number of esters is 1. The molecular weight excluding hydrogens is 250 g/mol. The summed E-state index contributed by atoms with van der Waals surface area (Å²) in [5.41, 5.74) is 4.52. The second-order valence-electron chi connectivity index (χ2n) is 4.65. The first kappa shape index (κ1) is 15.4. The van der Waals surface area contributed by atoms with Gasteiger partial charge >= 0.3 is 5.97 Å². The van der Waals surface area contributed by atoms with E-state index < -0.39 is 0 Å². The number of amides is 2. The number of hydrogen-bond acceptors (Lipinski definition) is 5. The van der Waals surface area contributed by atoms with Crippen molar-refractivity contribution in [2.24, 2.45) is 0 Å². The van der Waals surface area contributed by atoms with Crippen LogP contribution in [0.15, 0.2) is 0 Å². The lowest BCUT2D eigenvalue weighted by Gasteiger charge is -2.26. The summed E-state index contributed by atoms with van der Waals surface area (Å²) in [5.74, 6) is -1.04. The van der Waals surface area contributed by atoms with E-state index >= 15 is 0 Å². The normalized spacial score (nSPS) is 15.3. The number of ether oxygens (including phenoxy) is 1. The summed E-state index contributed by atoms with van der Waals surface area (Å²) < 4.78 is 4.64. The number of rotatable bonds is 5. The van der Waals surface area contributed by atoms with Gasteiger partial charge in [-0.25, -0.2) is 0 Å². The average molecular weight is 271 g/mol. The van der Waals surface area contributed by atoms with Crippen LogP contribution >= 0.6 is 0 Å². The van der Waals surface area contributed by atoms with Gasteiger partial charge in [-0.2, -0.15) is 0 Å². The van der Waals surface area contributed by atoms with Crippen molar-refractivity contribution in [1.82, 2.24) is 15.8 Å². The highest BCUT2D eigenvalue weighted by atomic mass is 16.5. The van der Waals surface area contributed by atoms with Crippen molar-refractivity contribution in [3.63, 3.8) is 0 Å². The number of nitrogens with one attached hydrogen (secondary N) is 2. The molecule has 1 aliphatic carbocycles. The van der Waals surface area contributed by atoms with E-state index in [0.717, 1.165) is 25.7 Å². The van der Waals surface area contributed by atoms with Gasteiger partial charge in [0, 0.05) is 13.0 Å². The fourth-order valence-electron chi connectivity index (χ4n) is 2.20. The summed E-state index contributed by atoms with van der Waals surface area (Å²) >= 11 is 0. The van der Waals surface area contributed by atoms with Gasteiger partial charge in [-0.1, -0.05) is 12.8 Å². The van der Waals surface area contributed by atoms with Gasteiger partial charge in [0.25, 0.3) is 5.91 Å². The molecule has 0 aliphatic heterocycles. The van der Waals surface area contributed by atoms with Crippen molar-refractivity contribution in [3.8, 4) is 0 Å². The minimum Gasteiger partial charge on any atom is -0.468 e. The van der Waals surface area contributed by atoms with Crippen LogP contribution in [0.3, 0.4) is 0 Å². The molecule has 108 valence electrons. The Bertz CT molecular complexity index is 340. The Balaban J connectivity index is 2.50. The van der Waals surface area contributed by atoms with Crippen molar-refractivity contribution in [2.75, 3.05) is 20.2 Å². The maximum absolute atomic E-state index is 11.7. The molecule has 0 aromatic heterocycles. The van der Waals surface area contributed by atoms with Crippen LogP contribution in [-0.2, 0) is 19.1 Å². The first-order valence-electron chi connectivity index (χ1n) is 6.39. The van der Waals surface area contributed by atoms with Gasteiger partial charge < -0.3 is 4.74 Å². The number of hydrogen-bond donors (Lipinski definition) is 2. The third-order valence-corrected chi connectivity index (χ3v) is 3.13. The lowest BCUT2D eigenvalue weighted by Crippen LogP contribution is -2.49. The average Bonchev–Trinajstić information content (AvgIpc) is 2.89. The largest absolute Gasteiger partial charge is 0.468 e. The molecule has 19 heavy (non-hydrogen) atoms. The molecule has 1 aliphatic rings. The summed E-state index contributed by atoms with van der Waals surface area (Å²) in [4.78, 5) is 35.5. The molecule has 0 aromatic carbocycles. The molecule has 2 N–H and O–H groups in total. The molecule has 7 heteroatoms. The minimum atomic E-state index is -0.362. The Morgan fingerprint density at radius 1 is 1.16 bits per heavy atom. The van der Waals surface area contributed by atoms with Gasteiger partial charge in [0.05, 0.1) is 20.2 Å². The highest BCUT2D eigenvalue weighted by molar-refractivity contribution is 5.82. The number of carbonyl (C=O) groups is 3. The highest BCUT2D eigenvalue weighted by Crippen LogP contribution is 2.23. The summed E-state index contributed by atoms with van der Waals surface area (Å²) in [6.45, 7) is 1.47. The van der Waals surface area contributed by atoms with E-state index in [1.54, 1.807) is 4.90 Å². The quantitative estimate of drug-likeness (QED) is 0.523. The van der Waals surface area contributed by atoms with Crippen LogP contribution in [0.2, 0.25) is 0 Å². The van der Waals surface area contributed by atoms with E-state index in [4.69, 9.17) is 0 Å². The lowest BCUT2D eigenvalue weighted by molar-refractivity contribution is -0.143. The molecule has 0 unspecified atom stereocenters. The maximum Gasteiger partial charge on any atom is 0.319 e. The zero-order valence-corrected chi connectivity index (χ0v) is 11.4. The van der Waals surface area contributed by atoms with Crippen molar-refractivity contribution in [2.45, 2.75) is 38.6 Å². The summed E-state index contributed by atoms with van der Waals surface area (Å²) in [6.07, 6.45) is 4.17. The van der Waals surface area contributed by atoms with E-state index in [2.05, 4.69) is 15.6 Å². The van der Waals surface area contributed by atoms with Gasteiger partial charge in [-0.15, -0.1) is 0 Å². The van der Waals surface area contributed by atoms with E-state index in [1.807, 2.05) is 0 Å². The van der Waals surface area contributed by atoms with Crippen LogP contribution < -0.4 is 10.9 Å². The zero-order chi connectivity index (χ0) is 14.3. The summed E-state index contributed by atoms with van der Waals surface area (Å²) in [5, 5.41) is 0. The van der Waals surface area contributed by atoms with Crippen molar-refractivity contribution in [3.05, 3.63) is 0 Å². The fourth-order valence-corrected chi connectivity index (χ4v) is 2.20. The first-order chi connectivity index (χ1) is 9.02. The maximum atomic E-state index is 11.7. The summed E-state index contributed by atoms with van der Waals surface area (Å²) in [6, 6.07) is 0.224. The smallest absolute Gasteiger partial charge is 0.319 e. The third kappa shape index (κ3) is 5.69. The Morgan fingerprint density at radius 2 is 1.79 bits per heavy atom. The Kier molecular flexibility index (Phi) is 6.27. The van der Waals surface area contributed by atoms with E-state index in [1.165, 1.54) is 14.0 Å². The van der Waals surface area contributed by atoms with Gasteiger partial charge in [-0.3, -0.25) is 30.1 Å². The number of carbonyl (C=O) groups excluding carboxylic acids is 3. The van der Waals surface area contributed by atoms with Gasteiger partial charge in [0.1, 0.15) is 0 Å². The minimum absolute atomic E-state index is 0.0695. The van der Waals surface area contributed by atoms with Crippen molar-refractivity contribution < 1.29 is 19.1 Å². The molecule has 0 atom stereocenters. The summed E-state index contributed by atoms with van der Waals surface area (Å²) in [7, 11) is 1.33. The molecule has 0 radical (unpaired) electrons. The molecule has 0 heterocycles. The molecule has 0 bridgehead atoms. The molecular formula is C12H21N3O4. The van der Waals surface area contributed by atoms with Crippen LogP contribution in [-0.4, -0.2) is 48.9 Å². The van der Waals surface area contributed by atoms with Gasteiger partial charge in [-0.05, 0) is 12.8 Å². The van der Waals surface area contributed by atoms with Crippen LogP contribution in [0.25, 0.3) is 0 Å². The van der Waals surface area contributed by atoms with Gasteiger partial charge in [0.15, 0.2) is 0 Å². The highest BCUT2D eigenvalue weighted by Gasteiger charge is 2.26. The molecule has 7 nitrogen and oxygen atoms in total. The topological polar surface area (TPSA) is 87.7 Å². The van der Waals surface area contributed by atoms with Crippen LogP contribution in [0.5, 0.6) is 0 Å². The van der Waals surface area contributed by atoms with E-state index in [9.17, 15) is 14.4 Å². The molecule has 2 amide bonds.